The largest absolute Gasteiger partial charge is 0.300 e. The summed E-state index contributed by atoms with van der Waals surface area (Å²) in [6.07, 6.45) is 0. The molecule has 0 radical (unpaired) electrons. The minimum Gasteiger partial charge on any atom is -0.300 e. The van der Waals surface area contributed by atoms with Crippen molar-refractivity contribution in [2.24, 2.45) is 0 Å². The van der Waals surface area contributed by atoms with Gasteiger partial charge in [0.25, 0.3) is 0 Å². The number of anilines is 1. The average Bonchev–Trinajstić information content (AvgIpc) is 3.15. The van der Waals surface area contributed by atoms with E-state index in [4.69, 9.17) is 0 Å². The lowest BCUT2D eigenvalue weighted by molar-refractivity contribution is -0.113. The number of amides is 1. The molecule has 0 spiro atoms. The van der Waals surface area contributed by atoms with Crippen LogP contribution in [0, 0.1) is 0 Å². The van der Waals surface area contributed by atoms with Crippen LogP contribution in [0.25, 0.3) is 21.3 Å². The van der Waals surface area contributed by atoms with Crippen LogP contribution in [0.1, 0.15) is 0 Å². The number of carbonyl (C=O) groups excluding carboxylic acids is 1. The first-order valence-electron chi connectivity index (χ1n) is 8.08. The van der Waals surface area contributed by atoms with Crippen molar-refractivity contribution in [3.63, 3.8) is 0 Å². The van der Waals surface area contributed by atoms with Gasteiger partial charge in [-0.25, -0.2) is 0 Å². The van der Waals surface area contributed by atoms with E-state index in [1.54, 1.807) is 0 Å². The van der Waals surface area contributed by atoms with E-state index in [0.29, 0.717) is 10.9 Å². The van der Waals surface area contributed by atoms with Crippen molar-refractivity contribution in [1.29, 1.82) is 0 Å². The highest BCUT2D eigenvalue weighted by atomic mass is 32.2. The highest BCUT2D eigenvalue weighted by Gasteiger charge is 2.10. The standard InChI is InChI=1S/C20H15N3OS2/c24-18(13-25-17-11-10-14-6-4-5-9-16(14)12-17)21-20-23-22-19(26-20)15-7-2-1-3-8-15/h1-12H,13H2,(H,21,23,24). The molecule has 0 aliphatic carbocycles. The van der Waals surface area contributed by atoms with Crippen LogP contribution in [0.15, 0.2) is 77.7 Å². The van der Waals surface area contributed by atoms with Crippen LogP contribution in [0.2, 0.25) is 0 Å². The summed E-state index contributed by atoms with van der Waals surface area (Å²) in [6.45, 7) is 0. The van der Waals surface area contributed by atoms with Gasteiger partial charge in [-0.3, -0.25) is 10.1 Å². The first-order valence-corrected chi connectivity index (χ1v) is 9.88. The number of rotatable bonds is 5. The van der Waals surface area contributed by atoms with Crippen molar-refractivity contribution in [3.8, 4) is 10.6 Å². The molecule has 128 valence electrons. The summed E-state index contributed by atoms with van der Waals surface area (Å²) in [5, 5.41) is 14.7. The summed E-state index contributed by atoms with van der Waals surface area (Å²) < 4.78 is 0. The molecule has 0 saturated carbocycles. The maximum absolute atomic E-state index is 12.2. The fraction of sp³-hybridized carbons (Fsp3) is 0.0500. The third-order valence-electron chi connectivity index (χ3n) is 3.78. The van der Waals surface area contributed by atoms with Gasteiger partial charge in [-0.1, -0.05) is 72.0 Å². The SMILES string of the molecule is O=C(CSc1ccc2ccccc2c1)Nc1nnc(-c2ccccc2)s1. The lowest BCUT2D eigenvalue weighted by atomic mass is 10.1. The molecular weight excluding hydrogens is 362 g/mol. The van der Waals surface area contributed by atoms with Crippen LogP contribution >= 0.6 is 23.1 Å². The number of hydrogen-bond donors (Lipinski definition) is 1. The molecule has 0 atom stereocenters. The molecule has 3 aromatic carbocycles. The Labute approximate surface area is 159 Å². The van der Waals surface area contributed by atoms with Crippen molar-refractivity contribution in [3.05, 3.63) is 72.8 Å². The van der Waals surface area contributed by atoms with Gasteiger partial charge in [0.05, 0.1) is 5.75 Å². The van der Waals surface area contributed by atoms with Gasteiger partial charge in [0.2, 0.25) is 11.0 Å². The fourth-order valence-corrected chi connectivity index (χ4v) is 4.04. The van der Waals surface area contributed by atoms with E-state index in [1.807, 2.05) is 48.5 Å². The molecule has 1 heterocycles. The Bertz CT molecular complexity index is 1050. The molecule has 0 saturated heterocycles. The van der Waals surface area contributed by atoms with Gasteiger partial charge in [-0.15, -0.1) is 22.0 Å². The summed E-state index contributed by atoms with van der Waals surface area (Å²) in [4.78, 5) is 13.3. The van der Waals surface area contributed by atoms with E-state index < -0.39 is 0 Å². The summed E-state index contributed by atoms with van der Waals surface area (Å²) >= 11 is 2.88. The van der Waals surface area contributed by atoms with Gasteiger partial charge >= 0.3 is 0 Å². The molecule has 1 aromatic heterocycles. The predicted molar refractivity (Wildman–Crippen MR) is 109 cm³/mol. The second-order valence-corrected chi connectivity index (χ2v) is 7.65. The molecule has 1 amide bonds. The van der Waals surface area contributed by atoms with Gasteiger partial charge in [-0.05, 0) is 22.9 Å². The van der Waals surface area contributed by atoms with Crippen LogP contribution in [0.4, 0.5) is 5.13 Å². The van der Waals surface area contributed by atoms with Crippen LogP contribution in [-0.4, -0.2) is 21.9 Å². The smallest absolute Gasteiger partial charge is 0.236 e. The molecule has 0 unspecified atom stereocenters. The van der Waals surface area contributed by atoms with Crippen molar-refractivity contribution in [2.75, 3.05) is 11.1 Å². The molecule has 0 aliphatic rings. The molecule has 26 heavy (non-hydrogen) atoms. The number of benzene rings is 3. The van der Waals surface area contributed by atoms with Crippen LogP contribution < -0.4 is 5.32 Å². The Morgan fingerprint density at radius 1 is 0.923 bits per heavy atom. The van der Waals surface area contributed by atoms with Gasteiger partial charge < -0.3 is 0 Å². The van der Waals surface area contributed by atoms with Gasteiger partial charge in [0.1, 0.15) is 5.01 Å². The minimum atomic E-state index is -0.0843. The number of thioether (sulfide) groups is 1. The van der Waals surface area contributed by atoms with E-state index in [9.17, 15) is 4.79 Å². The average molecular weight is 377 g/mol. The first-order chi connectivity index (χ1) is 12.8. The topological polar surface area (TPSA) is 54.9 Å². The zero-order valence-electron chi connectivity index (χ0n) is 13.8. The molecule has 0 aliphatic heterocycles. The Morgan fingerprint density at radius 3 is 2.54 bits per heavy atom. The molecule has 4 nitrogen and oxygen atoms in total. The molecule has 1 N–H and O–H groups in total. The molecular formula is C20H15N3OS2. The number of nitrogens with one attached hydrogen (secondary N) is 1. The molecule has 0 bridgehead atoms. The second-order valence-electron chi connectivity index (χ2n) is 5.62. The van der Waals surface area contributed by atoms with Crippen molar-refractivity contribution < 1.29 is 4.79 Å². The highest BCUT2D eigenvalue weighted by molar-refractivity contribution is 8.00. The lowest BCUT2D eigenvalue weighted by Gasteiger charge is -2.04. The van der Waals surface area contributed by atoms with Crippen LogP contribution in [-0.2, 0) is 4.79 Å². The molecule has 4 rings (SSSR count). The Hall–Kier alpha value is -2.70. The van der Waals surface area contributed by atoms with Gasteiger partial charge in [-0.2, -0.15) is 0 Å². The number of nitrogens with zero attached hydrogens (tertiary/aromatic N) is 2. The van der Waals surface area contributed by atoms with E-state index in [2.05, 4.69) is 39.8 Å². The Morgan fingerprint density at radius 2 is 1.69 bits per heavy atom. The summed E-state index contributed by atoms with van der Waals surface area (Å²) in [5.41, 5.74) is 0.996. The summed E-state index contributed by atoms with van der Waals surface area (Å²) in [7, 11) is 0. The Balaban J connectivity index is 1.37. The number of fused-ring (bicyclic) bond motifs is 1. The monoisotopic (exact) mass is 377 g/mol. The maximum atomic E-state index is 12.2. The zero-order chi connectivity index (χ0) is 17.8. The maximum Gasteiger partial charge on any atom is 0.236 e. The van der Waals surface area contributed by atoms with Crippen molar-refractivity contribution in [2.45, 2.75) is 4.90 Å². The van der Waals surface area contributed by atoms with E-state index in [-0.39, 0.29) is 5.91 Å². The summed E-state index contributed by atoms with van der Waals surface area (Å²) in [5.74, 6) is 0.248. The third-order valence-corrected chi connectivity index (χ3v) is 5.66. The van der Waals surface area contributed by atoms with E-state index >= 15 is 0 Å². The van der Waals surface area contributed by atoms with E-state index in [1.165, 1.54) is 33.9 Å². The van der Waals surface area contributed by atoms with Gasteiger partial charge in [0, 0.05) is 10.5 Å². The molecule has 0 fully saturated rings. The van der Waals surface area contributed by atoms with Gasteiger partial charge in [0.15, 0.2) is 0 Å². The normalized spacial score (nSPS) is 10.8. The predicted octanol–water partition coefficient (Wildman–Crippen LogP) is 5.09. The number of hydrogen-bond acceptors (Lipinski definition) is 5. The zero-order valence-corrected chi connectivity index (χ0v) is 15.4. The van der Waals surface area contributed by atoms with E-state index in [0.717, 1.165) is 15.5 Å². The van der Waals surface area contributed by atoms with Crippen LogP contribution in [0.5, 0.6) is 0 Å². The van der Waals surface area contributed by atoms with Crippen LogP contribution in [0.3, 0.4) is 0 Å². The summed E-state index contributed by atoms with van der Waals surface area (Å²) in [6, 6.07) is 24.2. The first kappa shape index (κ1) is 16.8. The molecule has 4 aromatic rings. The lowest BCUT2D eigenvalue weighted by Crippen LogP contribution is -2.13. The quantitative estimate of drug-likeness (QED) is 0.492. The van der Waals surface area contributed by atoms with Crippen molar-refractivity contribution in [1.82, 2.24) is 10.2 Å². The second kappa shape index (κ2) is 7.68. The van der Waals surface area contributed by atoms with Crippen molar-refractivity contribution >= 4 is 44.9 Å². The highest BCUT2D eigenvalue weighted by Crippen LogP contribution is 2.27. The Kier molecular flexibility index (Phi) is 4.95. The third kappa shape index (κ3) is 3.92. The minimum absolute atomic E-state index is 0.0843. The molecule has 6 heteroatoms. The number of aromatic nitrogens is 2. The fourth-order valence-electron chi connectivity index (χ4n) is 2.53. The number of carbonyl (C=O) groups is 1.